The van der Waals surface area contributed by atoms with Crippen molar-refractivity contribution in [1.82, 2.24) is 0 Å². The summed E-state index contributed by atoms with van der Waals surface area (Å²) >= 11 is 0. The van der Waals surface area contributed by atoms with Crippen LogP contribution in [0.25, 0.3) is 5.70 Å². The largest absolute Gasteiger partial charge is 0.351 e. The van der Waals surface area contributed by atoms with Gasteiger partial charge in [0, 0.05) is 11.1 Å². The lowest BCUT2D eigenvalue weighted by Crippen LogP contribution is -2.15. The first-order valence-corrected chi connectivity index (χ1v) is 7.90. The van der Waals surface area contributed by atoms with Crippen molar-refractivity contribution in [3.05, 3.63) is 102 Å². The molecule has 1 heterocycles. The molecule has 4 rings (SSSR count). The van der Waals surface area contributed by atoms with Crippen molar-refractivity contribution in [2.24, 2.45) is 0 Å². The van der Waals surface area contributed by atoms with Gasteiger partial charge in [-0.05, 0) is 30.2 Å². The van der Waals surface area contributed by atoms with E-state index in [-0.39, 0.29) is 0 Å². The summed E-state index contributed by atoms with van der Waals surface area (Å²) in [4.78, 5) is 0. The normalized spacial score (nSPS) is 12.3. The van der Waals surface area contributed by atoms with Crippen molar-refractivity contribution in [2.75, 3.05) is 10.6 Å². The maximum atomic E-state index is 3.51. The Morgan fingerprint density at radius 3 is 1.83 bits per heavy atom. The first kappa shape index (κ1) is 14.2. The molecule has 0 fully saturated rings. The van der Waals surface area contributed by atoms with E-state index < -0.39 is 0 Å². The van der Waals surface area contributed by atoms with Gasteiger partial charge < -0.3 is 10.6 Å². The Labute approximate surface area is 141 Å². The monoisotopic (exact) mass is 308 g/mol. The molecule has 3 aromatic carbocycles. The molecule has 0 spiro atoms. The van der Waals surface area contributed by atoms with Gasteiger partial charge in [0.05, 0.1) is 17.1 Å². The molecule has 0 aromatic heterocycles. The molecule has 1 aliphatic rings. The van der Waals surface area contributed by atoms with Crippen LogP contribution >= 0.6 is 0 Å². The molecule has 0 aliphatic carbocycles. The van der Waals surface area contributed by atoms with Crippen LogP contribution in [0.3, 0.4) is 0 Å². The zero-order chi connectivity index (χ0) is 16.2. The van der Waals surface area contributed by atoms with Crippen LogP contribution < -0.4 is 10.6 Å². The third kappa shape index (κ3) is 2.88. The number of rotatable bonds is 1. The van der Waals surface area contributed by atoms with E-state index in [1.165, 1.54) is 0 Å². The highest BCUT2D eigenvalue weighted by molar-refractivity contribution is 5.92. The minimum atomic E-state index is 0.878. The summed E-state index contributed by atoms with van der Waals surface area (Å²) in [5.74, 6) is 6.52. The minimum Gasteiger partial charge on any atom is -0.351 e. The second-order valence-electron chi connectivity index (χ2n) is 5.53. The van der Waals surface area contributed by atoms with Gasteiger partial charge in [-0.25, -0.2) is 0 Å². The van der Waals surface area contributed by atoms with Gasteiger partial charge in [0.1, 0.15) is 5.70 Å². The average molecular weight is 308 g/mol. The summed E-state index contributed by atoms with van der Waals surface area (Å²) in [5, 5.41) is 6.97. The number of anilines is 2. The van der Waals surface area contributed by atoms with Crippen molar-refractivity contribution in [2.45, 2.75) is 0 Å². The molecule has 2 N–H and O–H groups in total. The van der Waals surface area contributed by atoms with E-state index in [0.29, 0.717) is 0 Å². The number of fused-ring (bicyclic) bond motifs is 1. The van der Waals surface area contributed by atoms with Gasteiger partial charge >= 0.3 is 0 Å². The SMILES string of the molecule is C(#Cc1ccccc1)C1=C(c2ccccc2)Nc2ccccc2N1. The van der Waals surface area contributed by atoms with Crippen molar-refractivity contribution >= 4 is 17.1 Å². The van der Waals surface area contributed by atoms with E-state index in [1.54, 1.807) is 0 Å². The second-order valence-corrected chi connectivity index (χ2v) is 5.53. The molecule has 0 amide bonds. The molecule has 3 aromatic rings. The Balaban J connectivity index is 1.79. The van der Waals surface area contributed by atoms with E-state index in [2.05, 4.69) is 40.7 Å². The summed E-state index contributed by atoms with van der Waals surface area (Å²) < 4.78 is 0. The molecule has 0 atom stereocenters. The van der Waals surface area contributed by atoms with E-state index in [1.807, 2.05) is 66.7 Å². The molecular weight excluding hydrogens is 292 g/mol. The summed E-state index contributed by atoms with van der Waals surface area (Å²) in [6.45, 7) is 0. The van der Waals surface area contributed by atoms with Crippen LogP contribution in [0.2, 0.25) is 0 Å². The van der Waals surface area contributed by atoms with Crippen LogP contribution in [0.4, 0.5) is 11.4 Å². The van der Waals surface area contributed by atoms with E-state index in [0.717, 1.165) is 33.9 Å². The Morgan fingerprint density at radius 1 is 0.542 bits per heavy atom. The molecule has 2 heteroatoms. The molecule has 0 saturated carbocycles. The highest BCUT2D eigenvalue weighted by Gasteiger charge is 2.16. The Bertz CT molecular complexity index is 945. The Morgan fingerprint density at radius 2 is 1.12 bits per heavy atom. The molecule has 114 valence electrons. The van der Waals surface area contributed by atoms with Gasteiger partial charge in [-0.1, -0.05) is 66.6 Å². The van der Waals surface area contributed by atoms with E-state index in [4.69, 9.17) is 0 Å². The van der Waals surface area contributed by atoms with Gasteiger partial charge in [-0.15, -0.1) is 0 Å². The lowest BCUT2D eigenvalue weighted by Gasteiger charge is -2.23. The summed E-state index contributed by atoms with van der Waals surface area (Å²) in [6, 6.07) is 28.4. The first-order valence-electron chi connectivity index (χ1n) is 7.90. The number of nitrogens with one attached hydrogen (secondary N) is 2. The summed E-state index contributed by atoms with van der Waals surface area (Å²) in [7, 11) is 0. The Kier molecular flexibility index (Phi) is 3.75. The van der Waals surface area contributed by atoms with Crippen LogP contribution in [-0.2, 0) is 0 Å². The van der Waals surface area contributed by atoms with Gasteiger partial charge in [0.15, 0.2) is 0 Å². The number of hydrogen-bond donors (Lipinski definition) is 2. The van der Waals surface area contributed by atoms with Gasteiger partial charge in [-0.3, -0.25) is 0 Å². The van der Waals surface area contributed by atoms with Crippen LogP contribution in [-0.4, -0.2) is 0 Å². The van der Waals surface area contributed by atoms with Crippen molar-refractivity contribution < 1.29 is 0 Å². The van der Waals surface area contributed by atoms with Crippen LogP contribution in [0.5, 0.6) is 0 Å². The molecule has 0 bridgehead atoms. The first-order chi connectivity index (χ1) is 11.9. The molecular formula is C22H16N2. The standard InChI is InChI=1S/C22H16N2/c1-3-9-17(10-4-1)15-16-21-22(18-11-5-2-6-12-18)24-20-14-8-7-13-19(20)23-21/h1-14,23-24H. The van der Waals surface area contributed by atoms with Crippen molar-refractivity contribution in [3.8, 4) is 11.8 Å². The molecule has 2 nitrogen and oxygen atoms in total. The fourth-order valence-corrected chi connectivity index (χ4v) is 2.67. The molecule has 0 radical (unpaired) electrons. The van der Waals surface area contributed by atoms with Gasteiger partial charge in [0.2, 0.25) is 0 Å². The topological polar surface area (TPSA) is 24.1 Å². The zero-order valence-corrected chi connectivity index (χ0v) is 13.1. The quantitative estimate of drug-likeness (QED) is 0.622. The van der Waals surface area contributed by atoms with Gasteiger partial charge in [0.25, 0.3) is 0 Å². The highest BCUT2D eigenvalue weighted by Crippen LogP contribution is 2.33. The lowest BCUT2D eigenvalue weighted by atomic mass is 10.1. The summed E-state index contributed by atoms with van der Waals surface area (Å²) in [5.41, 5.74) is 6.08. The molecule has 0 saturated heterocycles. The average Bonchev–Trinajstić information content (AvgIpc) is 2.67. The maximum Gasteiger partial charge on any atom is 0.115 e. The highest BCUT2D eigenvalue weighted by atomic mass is 15.0. The second kappa shape index (κ2) is 6.36. The predicted octanol–water partition coefficient (Wildman–Crippen LogP) is 4.94. The Hall–Kier alpha value is -3.44. The zero-order valence-electron chi connectivity index (χ0n) is 13.1. The fourth-order valence-electron chi connectivity index (χ4n) is 2.67. The number of allylic oxidation sites excluding steroid dienone is 1. The van der Waals surface area contributed by atoms with Gasteiger partial charge in [-0.2, -0.15) is 0 Å². The lowest BCUT2D eigenvalue weighted by molar-refractivity contribution is 1.40. The minimum absolute atomic E-state index is 0.878. The number of benzene rings is 3. The number of hydrogen-bond acceptors (Lipinski definition) is 2. The van der Waals surface area contributed by atoms with Crippen LogP contribution in [0, 0.1) is 11.8 Å². The third-order valence-electron chi connectivity index (χ3n) is 3.86. The molecule has 1 aliphatic heterocycles. The van der Waals surface area contributed by atoms with Crippen molar-refractivity contribution in [3.63, 3.8) is 0 Å². The van der Waals surface area contributed by atoms with Crippen LogP contribution in [0.1, 0.15) is 11.1 Å². The van der Waals surface area contributed by atoms with E-state index in [9.17, 15) is 0 Å². The maximum absolute atomic E-state index is 3.51. The fraction of sp³-hybridized carbons (Fsp3) is 0. The van der Waals surface area contributed by atoms with Crippen molar-refractivity contribution in [1.29, 1.82) is 0 Å². The smallest absolute Gasteiger partial charge is 0.115 e. The van der Waals surface area contributed by atoms with E-state index >= 15 is 0 Å². The third-order valence-corrected chi connectivity index (χ3v) is 3.86. The molecule has 0 unspecified atom stereocenters. The van der Waals surface area contributed by atoms with Crippen LogP contribution in [0.15, 0.2) is 90.6 Å². The molecule has 24 heavy (non-hydrogen) atoms. The summed E-state index contributed by atoms with van der Waals surface area (Å²) in [6.07, 6.45) is 0. The number of para-hydroxylation sites is 2. The predicted molar refractivity (Wildman–Crippen MR) is 100 cm³/mol.